The van der Waals surface area contributed by atoms with E-state index in [0.29, 0.717) is 15.7 Å². The summed E-state index contributed by atoms with van der Waals surface area (Å²) in [6, 6.07) is 5.66. The molecule has 0 saturated heterocycles. The molecule has 0 fully saturated rings. The lowest BCUT2D eigenvalue weighted by atomic mass is 10.1. The van der Waals surface area contributed by atoms with Crippen LogP contribution in [0.15, 0.2) is 22.7 Å². The van der Waals surface area contributed by atoms with E-state index in [1.54, 1.807) is 12.1 Å². The van der Waals surface area contributed by atoms with Crippen molar-refractivity contribution in [2.45, 2.75) is 39.2 Å². The summed E-state index contributed by atoms with van der Waals surface area (Å²) in [7, 11) is 0. The lowest BCUT2D eigenvalue weighted by Gasteiger charge is -2.17. The fraction of sp³-hybridized carbons (Fsp3) is 0.462. The predicted molar refractivity (Wildman–Crippen MR) is 73.7 cm³/mol. The second kappa shape index (κ2) is 6.64. The number of hydrogen-bond acceptors (Lipinski definition) is 2. The number of benzene rings is 1. The van der Waals surface area contributed by atoms with Crippen molar-refractivity contribution in [2.75, 3.05) is 5.32 Å². The standard InChI is InChI=1S/C13H18BrNO2/c1-3-4-6-9(2)15-11-8-5-7-10(14)12(11)13(16)17/h5,7-9,15H,3-4,6H2,1-2H3,(H,16,17). The summed E-state index contributed by atoms with van der Waals surface area (Å²) < 4.78 is 0.609. The molecule has 3 nitrogen and oxygen atoms in total. The van der Waals surface area contributed by atoms with Gasteiger partial charge in [0.2, 0.25) is 0 Å². The SMILES string of the molecule is CCCCC(C)Nc1cccc(Br)c1C(=O)O. The summed E-state index contributed by atoms with van der Waals surface area (Å²) in [6.45, 7) is 4.22. The number of unbranched alkanes of at least 4 members (excludes halogenated alkanes) is 1. The summed E-state index contributed by atoms with van der Waals surface area (Å²) >= 11 is 3.27. The molecule has 0 aliphatic carbocycles. The molecule has 0 aliphatic rings. The first kappa shape index (κ1) is 14.0. The van der Waals surface area contributed by atoms with Crippen LogP contribution >= 0.6 is 15.9 Å². The Kier molecular flexibility index (Phi) is 5.48. The second-order valence-corrected chi connectivity index (χ2v) is 5.01. The Morgan fingerprint density at radius 2 is 2.24 bits per heavy atom. The van der Waals surface area contributed by atoms with E-state index in [0.717, 1.165) is 19.3 Å². The quantitative estimate of drug-likeness (QED) is 0.830. The second-order valence-electron chi connectivity index (χ2n) is 4.16. The van der Waals surface area contributed by atoms with Gasteiger partial charge in [-0.15, -0.1) is 0 Å². The van der Waals surface area contributed by atoms with E-state index in [2.05, 4.69) is 35.1 Å². The third-order valence-electron chi connectivity index (χ3n) is 2.62. The number of halogens is 1. The Morgan fingerprint density at radius 1 is 1.53 bits per heavy atom. The van der Waals surface area contributed by atoms with Gasteiger partial charge in [-0.05, 0) is 41.4 Å². The maximum Gasteiger partial charge on any atom is 0.338 e. The summed E-state index contributed by atoms with van der Waals surface area (Å²) in [5, 5.41) is 12.4. The monoisotopic (exact) mass is 299 g/mol. The van der Waals surface area contributed by atoms with Gasteiger partial charge < -0.3 is 10.4 Å². The molecule has 0 aliphatic heterocycles. The zero-order valence-electron chi connectivity index (χ0n) is 10.2. The van der Waals surface area contributed by atoms with Gasteiger partial charge in [-0.1, -0.05) is 25.8 Å². The molecular weight excluding hydrogens is 282 g/mol. The van der Waals surface area contributed by atoms with Crippen LogP contribution in [0.1, 0.15) is 43.5 Å². The molecule has 2 N–H and O–H groups in total. The van der Waals surface area contributed by atoms with Crippen LogP contribution < -0.4 is 5.32 Å². The third-order valence-corrected chi connectivity index (χ3v) is 3.28. The van der Waals surface area contributed by atoms with Crippen LogP contribution in [0.25, 0.3) is 0 Å². The van der Waals surface area contributed by atoms with Gasteiger partial charge in [0.05, 0.1) is 11.3 Å². The summed E-state index contributed by atoms with van der Waals surface area (Å²) in [5.74, 6) is -0.914. The Morgan fingerprint density at radius 3 is 2.82 bits per heavy atom. The van der Waals surface area contributed by atoms with Crippen molar-refractivity contribution in [3.63, 3.8) is 0 Å². The van der Waals surface area contributed by atoms with Gasteiger partial charge in [-0.2, -0.15) is 0 Å². The number of hydrogen-bond donors (Lipinski definition) is 2. The number of nitrogens with one attached hydrogen (secondary N) is 1. The number of aromatic carboxylic acids is 1. The molecule has 0 spiro atoms. The average molecular weight is 300 g/mol. The van der Waals surface area contributed by atoms with Crippen molar-refractivity contribution in [2.24, 2.45) is 0 Å². The average Bonchev–Trinajstić information content (AvgIpc) is 2.25. The number of carboxylic acid groups (broad SMARTS) is 1. The first-order valence-corrected chi connectivity index (χ1v) is 6.64. The van der Waals surface area contributed by atoms with E-state index in [1.165, 1.54) is 0 Å². The topological polar surface area (TPSA) is 49.3 Å². The zero-order chi connectivity index (χ0) is 12.8. The maximum atomic E-state index is 11.2. The van der Waals surface area contributed by atoms with Crippen molar-refractivity contribution in [1.82, 2.24) is 0 Å². The third kappa shape index (κ3) is 4.04. The number of anilines is 1. The lowest BCUT2D eigenvalue weighted by molar-refractivity contribution is 0.0697. The van der Waals surface area contributed by atoms with Gasteiger partial charge in [-0.25, -0.2) is 4.79 Å². The van der Waals surface area contributed by atoms with E-state index < -0.39 is 5.97 Å². The Bertz CT molecular complexity index is 393. The Balaban J connectivity index is 2.83. The summed E-state index contributed by atoms with van der Waals surface area (Å²) in [4.78, 5) is 11.2. The molecule has 0 radical (unpaired) electrons. The molecule has 94 valence electrons. The molecular formula is C13H18BrNO2. The molecule has 0 aromatic heterocycles. The van der Waals surface area contributed by atoms with Crippen molar-refractivity contribution >= 4 is 27.6 Å². The molecule has 1 atom stereocenters. The minimum Gasteiger partial charge on any atom is -0.478 e. The molecule has 0 heterocycles. The van der Waals surface area contributed by atoms with Crippen LogP contribution in [-0.4, -0.2) is 17.1 Å². The van der Waals surface area contributed by atoms with Crippen molar-refractivity contribution < 1.29 is 9.90 Å². The fourth-order valence-corrected chi connectivity index (χ4v) is 2.25. The van der Waals surface area contributed by atoms with Gasteiger partial charge in [-0.3, -0.25) is 0 Å². The smallest absolute Gasteiger partial charge is 0.338 e. The van der Waals surface area contributed by atoms with Crippen LogP contribution in [0, 0.1) is 0 Å². The fourth-order valence-electron chi connectivity index (χ4n) is 1.71. The maximum absolute atomic E-state index is 11.2. The van der Waals surface area contributed by atoms with Gasteiger partial charge in [0.15, 0.2) is 0 Å². The number of carboxylic acids is 1. The van der Waals surface area contributed by atoms with E-state index >= 15 is 0 Å². The van der Waals surface area contributed by atoms with E-state index in [9.17, 15) is 4.79 Å². The Labute approximate surface area is 110 Å². The minimum absolute atomic E-state index is 0.280. The molecule has 1 aromatic rings. The minimum atomic E-state index is -0.914. The molecule has 0 bridgehead atoms. The van der Waals surface area contributed by atoms with Crippen molar-refractivity contribution in [1.29, 1.82) is 0 Å². The Hall–Kier alpha value is -1.03. The number of rotatable bonds is 6. The highest BCUT2D eigenvalue weighted by Gasteiger charge is 2.14. The van der Waals surface area contributed by atoms with Gasteiger partial charge in [0, 0.05) is 10.5 Å². The van der Waals surface area contributed by atoms with E-state index in [1.807, 2.05) is 6.07 Å². The highest BCUT2D eigenvalue weighted by atomic mass is 79.9. The molecule has 1 aromatic carbocycles. The van der Waals surface area contributed by atoms with Crippen LogP contribution in [0.5, 0.6) is 0 Å². The first-order chi connectivity index (χ1) is 8.06. The largest absolute Gasteiger partial charge is 0.478 e. The molecule has 4 heteroatoms. The van der Waals surface area contributed by atoms with Crippen LogP contribution in [0.3, 0.4) is 0 Å². The normalized spacial score (nSPS) is 12.2. The van der Waals surface area contributed by atoms with Crippen LogP contribution in [0.4, 0.5) is 5.69 Å². The molecule has 1 rings (SSSR count). The van der Waals surface area contributed by atoms with Crippen LogP contribution in [0.2, 0.25) is 0 Å². The molecule has 0 amide bonds. The zero-order valence-corrected chi connectivity index (χ0v) is 11.8. The van der Waals surface area contributed by atoms with Crippen LogP contribution in [-0.2, 0) is 0 Å². The predicted octanol–water partition coefficient (Wildman–Crippen LogP) is 4.14. The highest BCUT2D eigenvalue weighted by molar-refractivity contribution is 9.10. The molecule has 1 unspecified atom stereocenters. The van der Waals surface area contributed by atoms with Gasteiger partial charge in [0.25, 0.3) is 0 Å². The van der Waals surface area contributed by atoms with Crippen molar-refractivity contribution in [3.8, 4) is 0 Å². The summed E-state index contributed by atoms with van der Waals surface area (Å²) in [6.07, 6.45) is 3.34. The number of carbonyl (C=O) groups is 1. The van der Waals surface area contributed by atoms with Gasteiger partial charge >= 0.3 is 5.97 Å². The van der Waals surface area contributed by atoms with Gasteiger partial charge in [0.1, 0.15) is 0 Å². The van der Waals surface area contributed by atoms with E-state index in [4.69, 9.17) is 5.11 Å². The highest BCUT2D eigenvalue weighted by Crippen LogP contribution is 2.25. The van der Waals surface area contributed by atoms with Crippen molar-refractivity contribution in [3.05, 3.63) is 28.2 Å². The molecule has 0 saturated carbocycles. The summed E-state index contributed by atoms with van der Waals surface area (Å²) in [5.41, 5.74) is 0.978. The lowest BCUT2D eigenvalue weighted by Crippen LogP contribution is -2.17. The first-order valence-electron chi connectivity index (χ1n) is 5.84. The molecule has 17 heavy (non-hydrogen) atoms. The van der Waals surface area contributed by atoms with E-state index in [-0.39, 0.29) is 6.04 Å².